The second kappa shape index (κ2) is 5.49. The topological polar surface area (TPSA) is 44.1 Å². The van der Waals surface area contributed by atoms with Crippen molar-refractivity contribution < 1.29 is 9.53 Å². The fraction of sp³-hybridized carbons (Fsp3) is 0.286. The van der Waals surface area contributed by atoms with Gasteiger partial charge in [0.1, 0.15) is 12.4 Å². The molecule has 4 heteroatoms. The SMILES string of the molecule is CCn1cncc1COc1ccc(C(C)=O)cc1. The van der Waals surface area contributed by atoms with Gasteiger partial charge in [-0.2, -0.15) is 0 Å². The van der Waals surface area contributed by atoms with Crippen LogP contribution in [0.1, 0.15) is 29.9 Å². The quantitative estimate of drug-likeness (QED) is 0.759. The number of hydrogen-bond acceptors (Lipinski definition) is 3. The maximum absolute atomic E-state index is 11.1. The van der Waals surface area contributed by atoms with Gasteiger partial charge in [-0.1, -0.05) is 0 Å². The molecule has 0 unspecified atom stereocenters. The predicted molar refractivity (Wildman–Crippen MR) is 68.7 cm³/mol. The van der Waals surface area contributed by atoms with Crippen molar-refractivity contribution >= 4 is 5.78 Å². The highest BCUT2D eigenvalue weighted by Gasteiger charge is 2.03. The summed E-state index contributed by atoms with van der Waals surface area (Å²) >= 11 is 0. The zero-order valence-electron chi connectivity index (χ0n) is 10.6. The van der Waals surface area contributed by atoms with Gasteiger partial charge in [0.05, 0.1) is 18.2 Å². The number of carbonyl (C=O) groups is 1. The van der Waals surface area contributed by atoms with Crippen LogP contribution in [0.3, 0.4) is 0 Å². The van der Waals surface area contributed by atoms with Crippen LogP contribution in [0.4, 0.5) is 0 Å². The van der Waals surface area contributed by atoms with Crippen LogP contribution in [0.25, 0.3) is 0 Å². The molecule has 1 heterocycles. The molecule has 94 valence electrons. The number of ketones is 1. The highest BCUT2D eigenvalue weighted by atomic mass is 16.5. The first kappa shape index (κ1) is 12.4. The van der Waals surface area contributed by atoms with E-state index in [2.05, 4.69) is 11.9 Å². The van der Waals surface area contributed by atoms with Crippen LogP contribution in [0.15, 0.2) is 36.8 Å². The summed E-state index contributed by atoms with van der Waals surface area (Å²) in [5.41, 5.74) is 1.73. The Kier molecular flexibility index (Phi) is 3.77. The number of nitrogens with zero attached hydrogens (tertiary/aromatic N) is 2. The third-order valence-electron chi connectivity index (χ3n) is 2.79. The number of rotatable bonds is 5. The molecule has 0 radical (unpaired) electrons. The van der Waals surface area contributed by atoms with Gasteiger partial charge in [-0.25, -0.2) is 4.98 Å². The van der Waals surface area contributed by atoms with E-state index in [0.717, 1.165) is 18.0 Å². The lowest BCUT2D eigenvalue weighted by molar-refractivity contribution is 0.101. The van der Waals surface area contributed by atoms with Gasteiger partial charge in [-0.15, -0.1) is 0 Å². The van der Waals surface area contributed by atoms with Crippen LogP contribution in [0.5, 0.6) is 5.75 Å². The van der Waals surface area contributed by atoms with E-state index in [1.165, 1.54) is 0 Å². The van der Waals surface area contributed by atoms with E-state index in [0.29, 0.717) is 12.2 Å². The first-order valence-electron chi connectivity index (χ1n) is 5.93. The maximum Gasteiger partial charge on any atom is 0.159 e. The maximum atomic E-state index is 11.1. The molecular formula is C14H16N2O2. The highest BCUT2D eigenvalue weighted by Crippen LogP contribution is 2.14. The molecule has 0 saturated carbocycles. The standard InChI is InChI=1S/C14H16N2O2/c1-3-16-10-15-8-13(16)9-18-14-6-4-12(5-7-14)11(2)17/h4-8,10H,3,9H2,1-2H3. The Bertz CT molecular complexity index is 529. The molecular weight excluding hydrogens is 228 g/mol. The van der Waals surface area contributed by atoms with E-state index in [1.807, 2.05) is 16.7 Å². The molecule has 0 aliphatic carbocycles. The average molecular weight is 244 g/mol. The molecule has 0 amide bonds. The second-order valence-electron chi connectivity index (χ2n) is 4.04. The number of benzene rings is 1. The normalized spacial score (nSPS) is 10.3. The number of ether oxygens (including phenoxy) is 1. The highest BCUT2D eigenvalue weighted by molar-refractivity contribution is 5.94. The Morgan fingerprint density at radius 1 is 1.33 bits per heavy atom. The summed E-state index contributed by atoms with van der Waals surface area (Å²) < 4.78 is 7.69. The summed E-state index contributed by atoms with van der Waals surface area (Å²) in [5.74, 6) is 0.814. The van der Waals surface area contributed by atoms with Gasteiger partial charge in [0.15, 0.2) is 5.78 Å². The van der Waals surface area contributed by atoms with Gasteiger partial charge in [0, 0.05) is 12.1 Å². The minimum atomic E-state index is 0.0607. The van der Waals surface area contributed by atoms with E-state index in [-0.39, 0.29) is 5.78 Å². The third kappa shape index (κ3) is 2.77. The molecule has 0 spiro atoms. The molecule has 0 aliphatic rings. The molecule has 2 rings (SSSR count). The van der Waals surface area contributed by atoms with Gasteiger partial charge in [0.2, 0.25) is 0 Å². The van der Waals surface area contributed by atoms with Gasteiger partial charge in [0.25, 0.3) is 0 Å². The van der Waals surface area contributed by atoms with Crippen molar-refractivity contribution in [3.8, 4) is 5.75 Å². The Balaban J connectivity index is 2.00. The Labute approximate surface area is 106 Å². The summed E-state index contributed by atoms with van der Waals surface area (Å²) in [4.78, 5) is 15.2. The molecule has 1 aromatic carbocycles. The summed E-state index contributed by atoms with van der Waals surface area (Å²) in [5, 5.41) is 0. The molecule has 2 aromatic rings. The van der Waals surface area contributed by atoms with Crippen molar-refractivity contribution in [3.63, 3.8) is 0 Å². The van der Waals surface area contributed by atoms with Gasteiger partial charge >= 0.3 is 0 Å². The number of aromatic nitrogens is 2. The van der Waals surface area contributed by atoms with Crippen molar-refractivity contribution in [3.05, 3.63) is 48.0 Å². The van der Waals surface area contributed by atoms with Crippen molar-refractivity contribution in [2.45, 2.75) is 27.0 Å². The summed E-state index contributed by atoms with van der Waals surface area (Å²) in [6.07, 6.45) is 3.59. The Morgan fingerprint density at radius 3 is 2.67 bits per heavy atom. The van der Waals surface area contributed by atoms with Gasteiger partial charge in [-0.3, -0.25) is 4.79 Å². The Hall–Kier alpha value is -2.10. The largest absolute Gasteiger partial charge is 0.487 e. The lowest BCUT2D eigenvalue weighted by Crippen LogP contribution is -2.03. The molecule has 0 bridgehead atoms. The van der Waals surface area contributed by atoms with E-state index < -0.39 is 0 Å². The second-order valence-corrected chi connectivity index (χ2v) is 4.04. The first-order chi connectivity index (χ1) is 8.70. The van der Waals surface area contributed by atoms with Crippen molar-refractivity contribution in [2.24, 2.45) is 0 Å². The third-order valence-corrected chi connectivity index (χ3v) is 2.79. The predicted octanol–water partition coefficient (Wildman–Crippen LogP) is 2.68. The first-order valence-corrected chi connectivity index (χ1v) is 5.93. The lowest BCUT2D eigenvalue weighted by atomic mass is 10.1. The average Bonchev–Trinajstić information content (AvgIpc) is 2.84. The number of aryl methyl sites for hydroxylation is 1. The molecule has 0 N–H and O–H groups in total. The van der Waals surface area contributed by atoms with Crippen LogP contribution >= 0.6 is 0 Å². The van der Waals surface area contributed by atoms with E-state index in [1.54, 1.807) is 31.6 Å². The van der Waals surface area contributed by atoms with E-state index in [9.17, 15) is 4.79 Å². The fourth-order valence-corrected chi connectivity index (χ4v) is 1.70. The smallest absolute Gasteiger partial charge is 0.159 e. The number of imidazole rings is 1. The summed E-state index contributed by atoms with van der Waals surface area (Å²) in [6, 6.07) is 7.16. The minimum Gasteiger partial charge on any atom is -0.487 e. The van der Waals surface area contributed by atoms with Gasteiger partial charge in [-0.05, 0) is 38.1 Å². The molecule has 0 atom stereocenters. The Morgan fingerprint density at radius 2 is 2.06 bits per heavy atom. The molecule has 18 heavy (non-hydrogen) atoms. The van der Waals surface area contributed by atoms with Crippen LogP contribution in [0.2, 0.25) is 0 Å². The lowest BCUT2D eigenvalue weighted by Gasteiger charge is -2.08. The molecule has 0 aliphatic heterocycles. The summed E-state index contributed by atoms with van der Waals surface area (Å²) in [7, 11) is 0. The zero-order valence-corrected chi connectivity index (χ0v) is 10.6. The van der Waals surface area contributed by atoms with Crippen molar-refractivity contribution in [1.29, 1.82) is 0 Å². The monoisotopic (exact) mass is 244 g/mol. The van der Waals surface area contributed by atoms with Crippen LogP contribution < -0.4 is 4.74 Å². The molecule has 4 nitrogen and oxygen atoms in total. The van der Waals surface area contributed by atoms with Crippen molar-refractivity contribution in [2.75, 3.05) is 0 Å². The van der Waals surface area contributed by atoms with Crippen LogP contribution in [0, 0.1) is 0 Å². The van der Waals surface area contributed by atoms with Gasteiger partial charge < -0.3 is 9.30 Å². The number of carbonyl (C=O) groups excluding carboxylic acids is 1. The number of hydrogen-bond donors (Lipinski definition) is 0. The molecule has 0 saturated heterocycles. The van der Waals surface area contributed by atoms with Crippen molar-refractivity contribution in [1.82, 2.24) is 9.55 Å². The summed E-state index contributed by atoms with van der Waals surface area (Å²) in [6.45, 7) is 4.97. The molecule has 1 aromatic heterocycles. The van der Waals surface area contributed by atoms with E-state index >= 15 is 0 Å². The van der Waals surface area contributed by atoms with Crippen LogP contribution in [-0.2, 0) is 13.2 Å². The van der Waals surface area contributed by atoms with Crippen LogP contribution in [-0.4, -0.2) is 15.3 Å². The van der Waals surface area contributed by atoms with E-state index in [4.69, 9.17) is 4.74 Å². The fourth-order valence-electron chi connectivity index (χ4n) is 1.70. The molecule has 0 fully saturated rings. The zero-order chi connectivity index (χ0) is 13.0. The number of Topliss-reactive ketones (excluding diaryl/α,β-unsaturated/α-hetero) is 1. The minimum absolute atomic E-state index is 0.0607.